The Kier molecular flexibility index (Phi) is 4.31. The van der Waals surface area contributed by atoms with E-state index in [9.17, 15) is 13.2 Å². The Labute approximate surface area is 75.6 Å². The van der Waals surface area contributed by atoms with Gasteiger partial charge in [-0.3, -0.25) is 0 Å². The van der Waals surface area contributed by atoms with Crippen molar-refractivity contribution >= 4 is 0 Å². The molecular weight excluding hydrogens is 179 g/mol. The van der Waals surface area contributed by atoms with E-state index in [0.29, 0.717) is 5.70 Å². The Bertz CT molecular complexity index is 236. The lowest BCUT2D eigenvalue weighted by Crippen LogP contribution is -2.12. The molecule has 0 radical (unpaired) electrons. The largest absolute Gasteiger partial charge is 0.416 e. The third-order valence-electron chi connectivity index (χ3n) is 1.46. The van der Waals surface area contributed by atoms with E-state index < -0.39 is 11.7 Å². The number of alkyl halides is 3. The van der Waals surface area contributed by atoms with Crippen molar-refractivity contribution < 1.29 is 13.2 Å². The Morgan fingerprint density at radius 3 is 2.15 bits per heavy atom. The van der Waals surface area contributed by atoms with E-state index in [1.54, 1.807) is 0 Å². The molecule has 0 unspecified atom stereocenters. The molecule has 0 saturated carbocycles. The van der Waals surface area contributed by atoms with E-state index in [4.69, 9.17) is 0 Å². The second-order valence-electron chi connectivity index (χ2n) is 2.30. The molecule has 0 aromatic carbocycles. The van der Waals surface area contributed by atoms with Crippen LogP contribution in [-0.4, -0.2) is 13.2 Å². The first-order valence-electron chi connectivity index (χ1n) is 3.71. The highest BCUT2D eigenvalue weighted by atomic mass is 19.4. The number of allylic oxidation sites excluding steroid dienone is 4. The van der Waals surface area contributed by atoms with Gasteiger partial charge in [0.15, 0.2) is 0 Å². The molecule has 0 aromatic heterocycles. The fraction of sp³-hybridized carbons (Fsp3) is 0.333. The molecule has 0 aliphatic heterocycles. The minimum Gasteiger partial charge on any atom is -0.388 e. The minimum absolute atomic E-state index is 0.338. The molecule has 0 rings (SSSR count). The van der Waals surface area contributed by atoms with Crippen LogP contribution in [0.2, 0.25) is 0 Å². The van der Waals surface area contributed by atoms with Gasteiger partial charge in [-0.25, -0.2) is 0 Å². The van der Waals surface area contributed by atoms with Crippen LogP contribution in [0.1, 0.15) is 6.92 Å². The van der Waals surface area contributed by atoms with Crippen LogP contribution >= 0.6 is 0 Å². The molecule has 1 N–H and O–H groups in total. The number of nitrogens with one attached hydrogen (secondary N) is 1. The smallest absolute Gasteiger partial charge is 0.388 e. The molecule has 74 valence electrons. The van der Waals surface area contributed by atoms with Crippen LogP contribution in [0.25, 0.3) is 0 Å². The average molecular weight is 191 g/mol. The molecule has 13 heavy (non-hydrogen) atoms. The molecule has 0 saturated heterocycles. The third kappa shape index (κ3) is 3.83. The molecule has 0 amide bonds. The molecular formula is C9H12F3N. The number of rotatable bonds is 3. The summed E-state index contributed by atoms with van der Waals surface area (Å²) in [6.45, 7) is 4.72. The number of halogens is 3. The molecule has 1 nitrogen and oxygen atoms in total. The Balaban J connectivity index is 4.84. The second kappa shape index (κ2) is 4.74. The summed E-state index contributed by atoms with van der Waals surface area (Å²) in [6, 6.07) is 0. The number of hydrogen-bond donors (Lipinski definition) is 1. The monoisotopic (exact) mass is 191 g/mol. The van der Waals surface area contributed by atoms with Crippen LogP contribution in [0.5, 0.6) is 0 Å². The van der Waals surface area contributed by atoms with Crippen molar-refractivity contribution in [1.82, 2.24) is 5.32 Å². The molecule has 0 aliphatic rings. The minimum atomic E-state index is -4.31. The highest BCUT2D eigenvalue weighted by molar-refractivity contribution is 5.30. The van der Waals surface area contributed by atoms with Crippen LogP contribution in [0.3, 0.4) is 0 Å². The van der Waals surface area contributed by atoms with Gasteiger partial charge in [0.05, 0.1) is 5.57 Å². The first kappa shape index (κ1) is 11.8. The van der Waals surface area contributed by atoms with Crippen molar-refractivity contribution in [2.75, 3.05) is 7.05 Å². The summed E-state index contributed by atoms with van der Waals surface area (Å²) in [5.41, 5.74) is -0.345. The van der Waals surface area contributed by atoms with Gasteiger partial charge >= 0.3 is 6.18 Å². The van der Waals surface area contributed by atoms with Gasteiger partial charge in [-0.1, -0.05) is 12.7 Å². The van der Waals surface area contributed by atoms with Gasteiger partial charge in [0.2, 0.25) is 0 Å². The molecule has 0 aromatic rings. The average Bonchev–Trinajstić information content (AvgIpc) is 2.04. The van der Waals surface area contributed by atoms with E-state index in [1.807, 2.05) is 0 Å². The topological polar surface area (TPSA) is 12.0 Å². The highest BCUT2D eigenvalue weighted by Gasteiger charge is 2.31. The first-order chi connectivity index (χ1) is 5.95. The summed E-state index contributed by atoms with van der Waals surface area (Å²) in [4.78, 5) is 0. The van der Waals surface area contributed by atoms with Crippen LogP contribution in [0.4, 0.5) is 13.2 Å². The zero-order chi connectivity index (χ0) is 10.5. The molecule has 0 bridgehead atoms. The number of likely N-dealkylation sites (N-methyl/N-ethyl adjacent to an activating group) is 1. The lowest BCUT2D eigenvalue weighted by atomic mass is 10.2. The van der Waals surface area contributed by atoms with E-state index in [1.165, 1.54) is 20.0 Å². The van der Waals surface area contributed by atoms with Gasteiger partial charge in [-0.05, 0) is 19.1 Å². The zero-order valence-electron chi connectivity index (χ0n) is 7.57. The van der Waals surface area contributed by atoms with Gasteiger partial charge in [-0.15, -0.1) is 0 Å². The Morgan fingerprint density at radius 2 is 1.92 bits per heavy atom. The fourth-order valence-electron chi connectivity index (χ4n) is 0.730. The maximum Gasteiger partial charge on any atom is 0.416 e. The highest BCUT2D eigenvalue weighted by Crippen LogP contribution is 2.26. The van der Waals surface area contributed by atoms with Crippen molar-refractivity contribution in [2.24, 2.45) is 0 Å². The summed E-state index contributed by atoms with van der Waals surface area (Å²) in [5, 5.41) is 2.59. The van der Waals surface area contributed by atoms with Crippen molar-refractivity contribution in [3.8, 4) is 0 Å². The summed E-state index contributed by atoms with van der Waals surface area (Å²) < 4.78 is 36.5. The summed E-state index contributed by atoms with van der Waals surface area (Å²) >= 11 is 0. The van der Waals surface area contributed by atoms with Gasteiger partial charge in [-0.2, -0.15) is 13.2 Å². The van der Waals surface area contributed by atoms with E-state index in [0.717, 1.165) is 12.2 Å². The van der Waals surface area contributed by atoms with Crippen LogP contribution in [0.15, 0.2) is 36.1 Å². The van der Waals surface area contributed by atoms with E-state index >= 15 is 0 Å². The predicted molar refractivity (Wildman–Crippen MR) is 47.2 cm³/mol. The Morgan fingerprint density at radius 1 is 1.38 bits per heavy atom. The maximum absolute atomic E-state index is 12.2. The summed E-state index contributed by atoms with van der Waals surface area (Å²) in [6.07, 6.45) is -0.955. The van der Waals surface area contributed by atoms with E-state index in [-0.39, 0.29) is 0 Å². The quantitative estimate of drug-likeness (QED) is 0.676. The molecule has 0 atom stereocenters. The molecule has 0 fully saturated rings. The lowest BCUT2D eigenvalue weighted by Gasteiger charge is -2.08. The van der Waals surface area contributed by atoms with Crippen molar-refractivity contribution in [2.45, 2.75) is 13.1 Å². The SMILES string of the molecule is C=C/C(=C\C(=C/C)C(F)(F)F)NC. The first-order valence-corrected chi connectivity index (χ1v) is 3.71. The summed E-state index contributed by atoms with van der Waals surface area (Å²) in [5.74, 6) is 0. The molecule has 0 heterocycles. The van der Waals surface area contributed by atoms with Crippen LogP contribution < -0.4 is 5.32 Å². The van der Waals surface area contributed by atoms with E-state index in [2.05, 4.69) is 11.9 Å². The maximum atomic E-state index is 12.2. The van der Waals surface area contributed by atoms with Crippen molar-refractivity contribution in [3.05, 3.63) is 36.1 Å². The lowest BCUT2D eigenvalue weighted by molar-refractivity contribution is -0.0883. The fourth-order valence-corrected chi connectivity index (χ4v) is 0.730. The summed E-state index contributed by atoms with van der Waals surface area (Å²) in [7, 11) is 1.54. The molecule has 0 aliphatic carbocycles. The van der Waals surface area contributed by atoms with Crippen molar-refractivity contribution in [1.29, 1.82) is 0 Å². The third-order valence-corrected chi connectivity index (χ3v) is 1.46. The predicted octanol–water partition coefficient (Wildman–Crippen LogP) is 2.78. The van der Waals surface area contributed by atoms with Gasteiger partial charge in [0.25, 0.3) is 0 Å². The van der Waals surface area contributed by atoms with Gasteiger partial charge in [0, 0.05) is 12.7 Å². The second-order valence-corrected chi connectivity index (χ2v) is 2.30. The number of hydrogen-bond acceptors (Lipinski definition) is 1. The van der Waals surface area contributed by atoms with Crippen LogP contribution in [-0.2, 0) is 0 Å². The van der Waals surface area contributed by atoms with Crippen LogP contribution in [0, 0.1) is 0 Å². The van der Waals surface area contributed by atoms with Crippen molar-refractivity contribution in [3.63, 3.8) is 0 Å². The Hall–Kier alpha value is -1.19. The van der Waals surface area contributed by atoms with Gasteiger partial charge < -0.3 is 5.32 Å². The molecule has 4 heteroatoms. The molecule has 0 spiro atoms. The van der Waals surface area contributed by atoms with Gasteiger partial charge in [0.1, 0.15) is 0 Å². The standard InChI is InChI=1S/C9H12F3N/c1-4-7(9(10,11)12)6-8(5-2)13-3/h4-6,13H,2H2,1,3H3/b7-4+,8-6+. The normalized spacial score (nSPS) is 14.2. The zero-order valence-corrected chi connectivity index (χ0v) is 7.57.